The van der Waals surface area contributed by atoms with Gasteiger partial charge in [-0.2, -0.15) is 0 Å². The molecule has 1 atom stereocenters. The molecule has 102 valence electrons. The molecule has 1 aromatic rings. The number of nitrogens with one attached hydrogen (secondary N) is 1. The number of carbonyl (C=O) groups excluding carboxylic acids is 2. The molecule has 1 rings (SSSR count). The molecule has 0 saturated heterocycles. The molecular formula is C12H14N2O5. The number of esters is 1. The molecule has 2 amide bonds. The average molecular weight is 266 g/mol. The molecular weight excluding hydrogens is 252 g/mol. The van der Waals surface area contributed by atoms with Crippen molar-refractivity contribution in [2.24, 2.45) is 5.73 Å². The highest BCUT2D eigenvalue weighted by Gasteiger charge is 2.21. The Morgan fingerprint density at radius 3 is 2.63 bits per heavy atom. The molecule has 0 saturated carbocycles. The maximum absolute atomic E-state index is 11.1. The van der Waals surface area contributed by atoms with Crippen molar-refractivity contribution in [3.63, 3.8) is 0 Å². The number of amides is 2. The van der Waals surface area contributed by atoms with Crippen LogP contribution in [0.5, 0.6) is 0 Å². The second kappa shape index (κ2) is 6.39. The van der Waals surface area contributed by atoms with Crippen molar-refractivity contribution in [2.45, 2.75) is 12.5 Å². The van der Waals surface area contributed by atoms with Crippen LogP contribution in [-0.4, -0.2) is 30.2 Å². The Balaban J connectivity index is 2.97. The van der Waals surface area contributed by atoms with Gasteiger partial charge in [-0.15, -0.1) is 0 Å². The Bertz CT molecular complexity index is 501. The second-order valence-corrected chi connectivity index (χ2v) is 3.78. The minimum atomic E-state index is -1.25. The summed E-state index contributed by atoms with van der Waals surface area (Å²) >= 11 is 0. The fraction of sp³-hybridized carbons (Fsp3) is 0.250. The zero-order valence-corrected chi connectivity index (χ0v) is 10.3. The number of methoxy groups -OCH3 is 1. The van der Waals surface area contributed by atoms with Crippen LogP contribution in [0.2, 0.25) is 0 Å². The Morgan fingerprint density at radius 1 is 1.42 bits per heavy atom. The summed E-state index contributed by atoms with van der Waals surface area (Å²) in [4.78, 5) is 33.0. The zero-order valence-electron chi connectivity index (χ0n) is 10.3. The Morgan fingerprint density at radius 2 is 2.11 bits per heavy atom. The monoisotopic (exact) mass is 266 g/mol. The van der Waals surface area contributed by atoms with E-state index in [0.29, 0.717) is 11.1 Å². The van der Waals surface area contributed by atoms with E-state index in [2.05, 4.69) is 10.1 Å². The van der Waals surface area contributed by atoms with Gasteiger partial charge in [0.25, 0.3) is 0 Å². The number of ether oxygens (including phenoxy) is 1. The zero-order chi connectivity index (χ0) is 14.4. The van der Waals surface area contributed by atoms with Crippen molar-refractivity contribution in [2.75, 3.05) is 7.11 Å². The van der Waals surface area contributed by atoms with Crippen molar-refractivity contribution in [3.05, 3.63) is 35.4 Å². The number of carbonyl (C=O) groups is 3. The predicted octanol–water partition coefficient (Wildman–Crippen LogP) is 0.196. The number of carboxylic acids is 1. The van der Waals surface area contributed by atoms with E-state index in [0.717, 1.165) is 0 Å². The lowest BCUT2D eigenvalue weighted by molar-refractivity contribution is -0.140. The van der Waals surface area contributed by atoms with Gasteiger partial charge < -0.3 is 20.9 Å². The third-order valence-corrected chi connectivity index (χ3v) is 2.39. The third kappa shape index (κ3) is 4.30. The van der Waals surface area contributed by atoms with Gasteiger partial charge in [-0.25, -0.2) is 9.59 Å². The first-order valence-electron chi connectivity index (χ1n) is 5.38. The molecule has 7 nitrogen and oxygen atoms in total. The maximum atomic E-state index is 11.1. The van der Waals surface area contributed by atoms with Crippen molar-refractivity contribution in [1.82, 2.24) is 5.32 Å². The quantitative estimate of drug-likeness (QED) is 0.657. The lowest BCUT2D eigenvalue weighted by atomic mass is 10.0. The third-order valence-electron chi connectivity index (χ3n) is 2.39. The molecule has 1 unspecified atom stereocenters. The van der Waals surface area contributed by atoms with Gasteiger partial charge >= 0.3 is 18.0 Å². The standard InChI is InChI=1S/C12H14N2O5/c1-19-9(15)6-7-3-2-4-8(5-7)10(11(16)17)14-12(13)18/h2-5,10H,6H2,1H3,(H,16,17)(H3,13,14,18). The molecule has 1 aromatic carbocycles. The van der Waals surface area contributed by atoms with Crippen LogP contribution in [0.3, 0.4) is 0 Å². The smallest absolute Gasteiger partial charge is 0.330 e. The summed E-state index contributed by atoms with van der Waals surface area (Å²) in [6.45, 7) is 0. The summed E-state index contributed by atoms with van der Waals surface area (Å²) in [7, 11) is 1.26. The first kappa shape index (κ1) is 14.5. The molecule has 7 heteroatoms. The Labute approximate surface area is 109 Å². The number of hydrogen-bond donors (Lipinski definition) is 3. The first-order valence-corrected chi connectivity index (χ1v) is 5.38. The lowest BCUT2D eigenvalue weighted by Gasteiger charge is -2.14. The van der Waals surface area contributed by atoms with Crippen molar-refractivity contribution >= 4 is 18.0 Å². The largest absolute Gasteiger partial charge is 0.479 e. The molecule has 0 bridgehead atoms. The van der Waals surface area contributed by atoms with E-state index in [1.54, 1.807) is 12.1 Å². The van der Waals surface area contributed by atoms with Gasteiger partial charge in [0.15, 0.2) is 6.04 Å². The van der Waals surface area contributed by atoms with E-state index in [4.69, 9.17) is 10.8 Å². The average Bonchev–Trinajstić information content (AvgIpc) is 2.35. The van der Waals surface area contributed by atoms with Crippen LogP contribution < -0.4 is 11.1 Å². The summed E-state index contributed by atoms with van der Waals surface area (Å²) in [5.41, 5.74) is 5.83. The molecule has 0 aliphatic heterocycles. The summed E-state index contributed by atoms with van der Waals surface area (Å²) in [6, 6.07) is 4.08. The highest BCUT2D eigenvalue weighted by Crippen LogP contribution is 2.15. The molecule has 0 spiro atoms. The predicted molar refractivity (Wildman–Crippen MR) is 65.3 cm³/mol. The lowest BCUT2D eigenvalue weighted by Crippen LogP contribution is -2.37. The van der Waals surface area contributed by atoms with E-state index in [-0.39, 0.29) is 6.42 Å². The van der Waals surface area contributed by atoms with Gasteiger partial charge in [-0.05, 0) is 11.1 Å². The van der Waals surface area contributed by atoms with Gasteiger partial charge in [-0.1, -0.05) is 24.3 Å². The van der Waals surface area contributed by atoms with E-state index in [1.165, 1.54) is 19.2 Å². The van der Waals surface area contributed by atoms with Gasteiger partial charge in [0.1, 0.15) is 0 Å². The Hall–Kier alpha value is -2.57. The van der Waals surface area contributed by atoms with E-state index >= 15 is 0 Å². The minimum Gasteiger partial charge on any atom is -0.479 e. The van der Waals surface area contributed by atoms with Crippen LogP contribution in [-0.2, 0) is 20.7 Å². The van der Waals surface area contributed by atoms with Crippen LogP contribution in [0.25, 0.3) is 0 Å². The van der Waals surface area contributed by atoms with Gasteiger partial charge in [0, 0.05) is 0 Å². The number of benzene rings is 1. The SMILES string of the molecule is COC(=O)Cc1cccc(C(NC(N)=O)C(=O)O)c1. The van der Waals surface area contributed by atoms with Crippen LogP contribution in [0.15, 0.2) is 24.3 Å². The molecule has 0 aromatic heterocycles. The number of aliphatic carboxylic acids is 1. The van der Waals surface area contributed by atoms with Crippen LogP contribution in [0.4, 0.5) is 4.79 Å². The molecule has 0 heterocycles. The van der Waals surface area contributed by atoms with Crippen molar-refractivity contribution in [3.8, 4) is 0 Å². The fourth-order valence-electron chi connectivity index (χ4n) is 1.55. The van der Waals surface area contributed by atoms with Crippen molar-refractivity contribution in [1.29, 1.82) is 0 Å². The molecule has 0 aliphatic carbocycles. The fourth-order valence-corrected chi connectivity index (χ4v) is 1.55. The van der Waals surface area contributed by atoms with E-state index in [9.17, 15) is 14.4 Å². The van der Waals surface area contributed by atoms with Gasteiger partial charge in [-0.3, -0.25) is 4.79 Å². The van der Waals surface area contributed by atoms with Gasteiger partial charge in [0.05, 0.1) is 13.5 Å². The van der Waals surface area contributed by atoms with E-state index in [1.807, 2.05) is 0 Å². The number of hydrogen-bond acceptors (Lipinski definition) is 4. The van der Waals surface area contributed by atoms with Crippen LogP contribution >= 0.6 is 0 Å². The maximum Gasteiger partial charge on any atom is 0.330 e. The summed E-state index contributed by atoms with van der Waals surface area (Å²) in [5.74, 6) is -1.68. The topological polar surface area (TPSA) is 119 Å². The Kier molecular flexibility index (Phi) is 4.87. The highest BCUT2D eigenvalue weighted by molar-refractivity contribution is 5.83. The van der Waals surface area contributed by atoms with Crippen LogP contribution in [0, 0.1) is 0 Å². The normalized spacial score (nSPS) is 11.4. The number of urea groups is 1. The molecule has 0 fully saturated rings. The number of nitrogens with two attached hydrogens (primary N) is 1. The molecule has 0 radical (unpaired) electrons. The number of rotatable bonds is 5. The number of carboxylic acid groups (broad SMARTS) is 1. The highest BCUT2D eigenvalue weighted by atomic mass is 16.5. The molecule has 4 N–H and O–H groups in total. The van der Waals surface area contributed by atoms with E-state index < -0.39 is 24.0 Å². The molecule has 0 aliphatic rings. The van der Waals surface area contributed by atoms with Crippen LogP contribution in [0.1, 0.15) is 17.2 Å². The summed E-state index contributed by atoms with van der Waals surface area (Å²) in [6.07, 6.45) is 0.0211. The first-order chi connectivity index (χ1) is 8.93. The van der Waals surface area contributed by atoms with Crippen molar-refractivity contribution < 1.29 is 24.2 Å². The number of primary amides is 1. The summed E-state index contributed by atoms with van der Waals surface area (Å²) < 4.78 is 4.52. The molecule has 19 heavy (non-hydrogen) atoms. The minimum absolute atomic E-state index is 0.0211. The van der Waals surface area contributed by atoms with Gasteiger partial charge in [0.2, 0.25) is 0 Å². The second-order valence-electron chi connectivity index (χ2n) is 3.78. The summed E-state index contributed by atoms with van der Waals surface area (Å²) in [5, 5.41) is 11.1.